The van der Waals surface area contributed by atoms with Crippen LogP contribution in [0.5, 0.6) is 0 Å². The second-order valence-corrected chi connectivity index (χ2v) is 6.02. The lowest BCUT2D eigenvalue weighted by Gasteiger charge is -2.34. The zero-order chi connectivity index (χ0) is 14.1. The average Bonchev–Trinajstić information content (AvgIpc) is 3.09. The van der Waals surface area contributed by atoms with Crippen LogP contribution in [0.15, 0.2) is 0 Å². The molecule has 1 fully saturated rings. The topological polar surface area (TPSA) is 96.6 Å². The number of aryl methyl sites for hydroxylation is 1. The van der Waals surface area contributed by atoms with Crippen molar-refractivity contribution in [2.45, 2.75) is 32.7 Å². The smallest absolute Gasteiger partial charge is 0.245 e. The summed E-state index contributed by atoms with van der Waals surface area (Å²) in [5, 5.41) is 11.4. The maximum absolute atomic E-state index is 6.13. The molecule has 108 valence electrons. The van der Waals surface area contributed by atoms with Gasteiger partial charge in [-0.1, -0.05) is 18.3 Å². The fourth-order valence-corrected chi connectivity index (χ4v) is 3.09. The van der Waals surface area contributed by atoms with Crippen molar-refractivity contribution in [2.75, 3.05) is 18.0 Å². The van der Waals surface area contributed by atoms with Crippen LogP contribution in [0.1, 0.15) is 26.0 Å². The molecule has 0 spiro atoms. The van der Waals surface area contributed by atoms with Crippen LogP contribution in [0, 0.1) is 5.92 Å². The third-order valence-corrected chi connectivity index (χ3v) is 4.65. The number of aromatic nitrogens is 5. The minimum atomic E-state index is 0.182. The summed E-state index contributed by atoms with van der Waals surface area (Å²) in [4.78, 5) is 7.70. The molecule has 1 aliphatic rings. The third kappa shape index (κ3) is 2.40. The zero-order valence-electron chi connectivity index (χ0n) is 11.7. The van der Waals surface area contributed by atoms with Crippen molar-refractivity contribution in [3.63, 3.8) is 0 Å². The molecule has 1 aliphatic heterocycles. The van der Waals surface area contributed by atoms with E-state index in [2.05, 4.69) is 43.5 Å². The maximum Gasteiger partial charge on any atom is 0.245 e. The molecule has 7 nitrogen and oxygen atoms in total. The summed E-state index contributed by atoms with van der Waals surface area (Å²) in [6.45, 7) is 6.01. The van der Waals surface area contributed by atoms with E-state index < -0.39 is 0 Å². The second kappa shape index (κ2) is 5.45. The van der Waals surface area contributed by atoms with Crippen LogP contribution in [-0.2, 0) is 6.42 Å². The Bertz CT molecular complexity index is 578. The Morgan fingerprint density at radius 2 is 2.35 bits per heavy atom. The molecule has 0 amide bonds. The SMILES string of the molecule is CCc1nnsc1-c1nc(N2CCC(C)C(N)C2)n[nH]1. The van der Waals surface area contributed by atoms with Crippen LogP contribution in [0.3, 0.4) is 0 Å². The van der Waals surface area contributed by atoms with Gasteiger partial charge < -0.3 is 10.6 Å². The van der Waals surface area contributed by atoms with Crippen LogP contribution in [0.4, 0.5) is 5.95 Å². The number of nitrogens with one attached hydrogen (secondary N) is 1. The molecule has 0 aromatic carbocycles. The summed E-state index contributed by atoms with van der Waals surface area (Å²) < 4.78 is 3.98. The number of aromatic amines is 1. The number of nitrogens with two attached hydrogens (primary N) is 1. The molecule has 0 bridgehead atoms. The Morgan fingerprint density at radius 3 is 3.10 bits per heavy atom. The molecule has 20 heavy (non-hydrogen) atoms. The summed E-state index contributed by atoms with van der Waals surface area (Å²) in [7, 11) is 0. The number of hydrogen-bond acceptors (Lipinski definition) is 7. The Balaban J connectivity index is 1.80. The Labute approximate surface area is 121 Å². The molecule has 3 N–H and O–H groups in total. The summed E-state index contributed by atoms with van der Waals surface area (Å²) in [5.41, 5.74) is 7.09. The van der Waals surface area contributed by atoms with E-state index in [-0.39, 0.29) is 6.04 Å². The van der Waals surface area contributed by atoms with Gasteiger partial charge in [-0.15, -0.1) is 10.2 Å². The molecule has 3 heterocycles. The van der Waals surface area contributed by atoms with Gasteiger partial charge in [0.1, 0.15) is 4.88 Å². The van der Waals surface area contributed by atoms with Crippen LogP contribution in [0.2, 0.25) is 0 Å². The van der Waals surface area contributed by atoms with Crippen molar-refractivity contribution in [2.24, 2.45) is 11.7 Å². The molecule has 0 radical (unpaired) electrons. The van der Waals surface area contributed by atoms with Gasteiger partial charge in [0.15, 0.2) is 5.82 Å². The van der Waals surface area contributed by atoms with Crippen molar-refractivity contribution in [3.05, 3.63) is 5.69 Å². The van der Waals surface area contributed by atoms with Crippen molar-refractivity contribution in [1.82, 2.24) is 24.8 Å². The Hall–Kier alpha value is -1.54. The Kier molecular flexibility index (Phi) is 3.66. The minimum absolute atomic E-state index is 0.182. The number of H-pyrrole nitrogens is 1. The monoisotopic (exact) mass is 293 g/mol. The highest BCUT2D eigenvalue weighted by Crippen LogP contribution is 2.26. The van der Waals surface area contributed by atoms with E-state index >= 15 is 0 Å². The molecule has 8 heteroatoms. The summed E-state index contributed by atoms with van der Waals surface area (Å²) >= 11 is 1.35. The van der Waals surface area contributed by atoms with Gasteiger partial charge in [-0.05, 0) is 30.3 Å². The molecular formula is C12H19N7S. The molecular weight excluding hydrogens is 274 g/mol. The third-order valence-electron chi connectivity index (χ3n) is 3.88. The van der Waals surface area contributed by atoms with E-state index in [0.29, 0.717) is 5.92 Å². The first-order chi connectivity index (χ1) is 9.69. The summed E-state index contributed by atoms with van der Waals surface area (Å²) in [6.07, 6.45) is 1.92. The van der Waals surface area contributed by atoms with Gasteiger partial charge in [0.05, 0.1) is 5.69 Å². The summed E-state index contributed by atoms with van der Waals surface area (Å²) in [6, 6.07) is 0.182. The van der Waals surface area contributed by atoms with Gasteiger partial charge in [-0.2, -0.15) is 4.98 Å². The number of anilines is 1. The number of hydrogen-bond donors (Lipinski definition) is 2. The first-order valence-corrected chi connectivity index (χ1v) is 7.71. The van der Waals surface area contributed by atoms with Crippen LogP contribution in [-0.4, -0.2) is 43.9 Å². The van der Waals surface area contributed by atoms with E-state index in [1.165, 1.54) is 11.5 Å². The molecule has 2 unspecified atom stereocenters. The highest BCUT2D eigenvalue weighted by Gasteiger charge is 2.26. The molecule has 2 aromatic rings. The molecule has 2 aromatic heterocycles. The molecule has 0 aliphatic carbocycles. The van der Waals surface area contributed by atoms with Crippen LogP contribution < -0.4 is 10.6 Å². The molecule has 2 atom stereocenters. The predicted molar refractivity (Wildman–Crippen MR) is 78.6 cm³/mol. The molecule has 1 saturated heterocycles. The van der Waals surface area contributed by atoms with Gasteiger partial charge in [0.2, 0.25) is 5.95 Å². The quantitative estimate of drug-likeness (QED) is 0.878. The first-order valence-electron chi connectivity index (χ1n) is 6.93. The van der Waals surface area contributed by atoms with Gasteiger partial charge in [-0.3, -0.25) is 5.10 Å². The van der Waals surface area contributed by atoms with Gasteiger partial charge in [0, 0.05) is 19.1 Å². The lowest BCUT2D eigenvalue weighted by Crippen LogP contribution is -2.48. The van der Waals surface area contributed by atoms with Gasteiger partial charge >= 0.3 is 0 Å². The van der Waals surface area contributed by atoms with Crippen LogP contribution >= 0.6 is 11.5 Å². The van der Waals surface area contributed by atoms with E-state index in [1.54, 1.807) is 0 Å². The highest BCUT2D eigenvalue weighted by atomic mass is 32.1. The zero-order valence-corrected chi connectivity index (χ0v) is 12.5. The number of piperidine rings is 1. The van der Waals surface area contributed by atoms with Crippen molar-refractivity contribution < 1.29 is 0 Å². The fourth-order valence-electron chi connectivity index (χ4n) is 2.40. The number of nitrogens with zero attached hydrogens (tertiary/aromatic N) is 5. The summed E-state index contributed by atoms with van der Waals surface area (Å²) in [5.74, 6) is 2.03. The van der Waals surface area contributed by atoms with Crippen molar-refractivity contribution in [1.29, 1.82) is 0 Å². The first kappa shape index (κ1) is 13.4. The average molecular weight is 293 g/mol. The molecule has 0 saturated carbocycles. The van der Waals surface area contributed by atoms with Gasteiger partial charge in [-0.25, -0.2) is 0 Å². The Morgan fingerprint density at radius 1 is 1.50 bits per heavy atom. The lowest BCUT2D eigenvalue weighted by molar-refractivity contribution is 0.376. The normalized spacial score (nSPS) is 23.2. The lowest BCUT2D eigenvalue weighted by atomic mass is 9.95. The standard InChI is InChI=1S/C12H19N7S/c1-3-9-10(20-18-15-9)11-14-12(17-16-11)19-5-4-7(2)8(13)6-19/h7-8H,3-6,13H2,1-2H3,(H,14,16,17). The van der Waals surface area contributed by atoms with Crippen molar-refractivity contribution >= 4 is 17.5 Å². The maximum atomic E-state index is 6.13. The van der Waals surface area contributed by atoms with E-state index in [9.17, 15) is 0 Å². The second-order valence-electron chi connectivity index (χ2n) is 5.26. The number of rotatable bonds is 3. The predicted octanol–water partition coefficient (Wildman–Crippen LogP) is 1.06. The largest absolute Gasteiger partial charge is 0.338 e. The van der Waals surface area contributed by atoms with E-state index in [0.717, 1.165) is 48.3 Å². The minimum Gasteiger partial charge on any atom is -0.338 e. The highest BCUT2D eigenvalue weighted by molar-refractivity contribution is 7.09. The van der Waals surface area contributed by atoms with E-state index in [1.807, 2.05) is 0 Å². The van der Waals surface area contributed by atoms with Crippen LogP contribution in [0.25, 0.3) is 10.7 Å². The van der Waals surface area contributed by atoms with Gasteiger partial charge in [0.25, 0.3) is 0 Å². The van der Waals surface area contributed by atoms with E-state index in [4.69, 9.17) is 5.73 Å². The molecule has 3 rings (SSSR count). The fraction of sp³-hybridized carbons (Fsp3) is 0.667. The van der Waals surface area contributed by atoms with Crippen molar-refractivity contribution in [3.8, 4) is 10.7 Å².